The predicted octanol–water partition coefficient (Wildman–Crippen LogP) is 0.713. The van der Waals surface area contributed by atoms with Crippen LogP contribution in [0.3, 0.4) is 0 Å². The van der Waals surface area contributed by atoms with E-state index in [-0.39, 0.29) is 18.2 Å². The van der Waals surface area contributed by atoms with Gasteiger partial charge in [-0.2, -0.15) is 0 Å². The van der Waals surface area contributed by atoms with E-state index >= 15 is 0 Å². The summed E-state index contributed by atoms with van der Waals surface area (Å²) in [6, 6.07) is 9.13. The number of hydrogen-bond acceptors (Lipinski definition) is 4. The van der Waals surface area contributed by atoms with E-state index in [1.54, 1.807) is 0 Å². The zero-order valence-electron chi connectivity index (χ0n) is 13.5. The maximum Gasteiger partial charge on any atom is 0.322 e. The van der Waals surface area contributed by atoms with E-state index in [1.807, 2.05) is 23.1 Å². The van der Waals surface area contributed by atoms with Gasteiger partial charge in [0, 0.05) is 38.3 Å². The van der Waals surface area contributed by atoms with Crippen molar-refractivity contribution in [3.8, 4) is 0 Å². The molecule has 3 rings (SSSR count). The van der Waals surface area contributed by atoms with E-state index in [0.717, 1.165) is 26.1 Å². The number of benzene rings is 1. The Kier molecular flexibility index (Phi) is 4.98. The third kappa shape index (κ3) is 3.84. The summed E-state index contributed by atoms with van der Waals surface area (Å²) in [6.45, 7) is 3.13. The standard InChI is InChI=1S/C17H22N4O3/c22-15(8-7-14-16(23)19-17(24)18-14)21-10-4-9-20(11-12-21)13-5-2-1-3-6-13/h1-3,5-6,14H,4,7-12H2,(H2,18,19,23,24). The number of carbonyl (C=O) groups excluding carboxylic acids is 3. The normalized spacial score (nSPS) is 21.2. The molecule has 0 aliphatic carbocycles. The second-order valence-corrected chi connectivity index (χ2v) is 6.11. The van der Waals surface area contributed by atoms with Crippen LogP contribution in [0.5, 0.6) is 0 Å². The van der Waals surface area contributed by atoms with E-state index in [9.17, 15) is 14.4 Å². The molecule has 4 amide bonds. The average molecular weight is 330 g/mol. The molecular weight excluding hydrogens is 308 g/mol. The maximum absolute atomic E-state index is 12.4. The number of hydrogen-bond donors (Lipinski definition) is 2. The molecule has 0 spiro atoms. The molecule has 0 bridgehead atoms. The Morgan fingerprint density at radius 1 is 1.08 bits per heavy atom. The smallest absolute Gasteiger partial charge is 0.322 e. The molecule has 1 atom stereocenters. The Labute approximate surface area is 141 Å². The first-order valence-electron chi connectivity index (χ1n) is 8.32. The minimum Gasteiger partial charge on any atom is -0.370 e. The molecule has 1 unspecified atom stereocenters. The maximum atomic E-state index is 12.4. The Balaban J connectivity index is 1.49. The summed E-state index contributed by atoms with van der Waals surface area (Å²) < 4.78 is 0. The van der Waals surface area contributed by atoms with E-state index in [2.05, 4.69) is 27.7 Å². The molecule has 7 nitrogen and oxygen atoms in total. The molecule has 2 aliphatic rings. The molecule has 2 heterocycles. The summed E-state index contributed by atoms with van der Waals surface area (Å²) in [4.78, 5) is 39.1. The van der Waals surface area contributed by atoms with E-state index in [1.165, 1.54) is 5.69 Å². The summed E-state index contributed by atoms with van der Waals surface area (Å²) >= 11 is 0. The molecule has 1 aromatic carbocycles. The summed E-state index contributed by atoms with van der Waals surface area (Å²) in [6.07, 6.45) is 1.53. The molecule has 2 saturated heterocycles. The third-order valence-corrected chi connectivity index (χ3v) is 4.48. The van der Waals surface area contributed by atoms with Gasteiger partial charge in [-0.05, 0) is 25.0 Å². The van der Waals surface area contributed by atoms with Crippen LogP contribution in [0.2, 0.25) is 0 Å². The van der Waals surface area contributed by atoms with Crippen LogP contribution in [0, 0.1) is 0 Å². The highest BCUT2D eigenvalue weighted by Gasteiger charge is 2.30. The lowest BCUT2D eigenvalue weighted by molar-refractivity contribution is -0.131. The van der Waals surface area contributed by atoms with Crippen LogP contribution in [0.4, 0.5) is 10.5 Å². The lowest BCUT2D eigenvalue weighted by Crippen LogP contribution is -2.37. The van der Waals surface area contributed by atoms with E-state index in [0.29, 0.717) is 13.0 Å². The number of nitrogens with one attached hydrogen (secondary N) is 2. The van der Waals surface area contributed by atoms with Crippen molar-refractivity contribution in [2.45, 2.75) is 25.3 Å². The monoisotopic (exact) mass is 330 g/mol. The fourth-order valence-electron chi connectivity index (χ4n) is 3.15. The number of anilines is 1. The fraction of sp³-hybridized carbons (Fsp3) is 0.471. The van der Waals surface area contributed by atoms with Crippen LogP contribution >= 0.6 is 0 Å². The number of carbonyl (C=O) groups is 3. The van der Waals surface area contributed by atoms with Crippen molar-refractivity contribution in [2.75, 3.05) is 31.1 Å². The van der Waals surface area contributed by atoms with Crippen LogP contribution in [-0.2, 0) is 9.59 Å². The van der Waals surface area contributed by atoms with Crippen LogP contribution < -0.4 is 15.5 Å². The first kappa shape index (κ1) is 16.3. The second-order valence-electron chi connectivity index (χ2n) is 6.11. The number of imide groups is 1. The van der Waals surface area contributed by atoms with Crippen molar-refractivity contribution in [3.05, 3.63) is 30.3 Å². The van der Waals surface area contributed by atoms with E-state index in [4.69, 9.17) is 0 Å². The molecule has 24 heavy (non-hydrogen) atoms. The van der Waals surface area contributed by atoms with Crippen molar-refractivity contribution < 1.29 is 14.4 Å². The van der Waals surface area contributed by atoms with E-state index < -0.39 is 12.1 Å². The van der Waals surface area contributed by atoms with Gasteiger partial charge >= 0.3 is 6.03 Å². The molecule has 2 aliphatic heterocycles. The summed E-state index contributed by atoms with van der Waals surface area (Å²) in [7, 11) is 0. The Morgan fingerprint density at radius 3 is 2.58 bits per heavy atom. The lowest BCUT2D eigenvalue weighted by Gasteiger charge is -2.24. The molecule has 0 radical (unpaired) electrons. The molecule has 7 heteroatoms. The van der Waals surface area contributed by atoms with Crippen molar-refractivity contribution in [1.82, 2.24) is 15.5 Å². The fourth-order valence-corrected chi connectivity index (χ4v) is 3.15. The minimum absolute atomic E-state index is 0.0406. The number of urea groups is 1. The van der Waals surface area contributed by atoms with Crippen molar-refractivity contribution in [2.24, 2.45) is 0 Å². The molecule has 2 N–H and O–H groups in total. The molecule has 128 valence electrons. The Morgan fingerprint density at radius 2 is 1.88 bits per heavy atom. The topological polar surface area (TPSA) is 81.8 Å². The van der Waals surface area contributed by atoms with Gasteiger partial charge in [-0.15, -0.1) is 0 Å². The Bertz CT molecular complexity index is 620. The zero-order valence-corrected chi connectivity index (χ0v) is 13.5. The van der Waals surface area contributed by atoms with Gasteiger partial charge in [-0.3, -0.25) is 14.9 Å². The summed E-state index contributed by atoms with van der Waals surface area (Å²) in [5.74, 6) is -0.308. The van der Waals surface area contributed by atoms with Gasteiger partial charge in [0.2, 0.25) is 5.91 Å². The van der Waals surface area contributed by atoms with Crippen LogP contribution in [0.25, 0.3) is 0 Å². The molecule has 0 saturated carbocycles. The lowest BCUT2D eigenvalue weighted by atomic mass is 10.1. The van der Waals surface area contributed by atoms with Crippen molar-refractivity contribution >= 4 is 23.5 Å². The minimum atomic E-state index is -0.589. The highest BCUT2D eigenvalue weighted by atomic mass is 16.2. The predicted molar refractivity (Wildman–Crippen MR) is 89.5 cm³/mol. The van der Waals surface area contributed by atoms with Gasteiger partial charge in [0.15, 0.2) is 0 Å². The third-order valence-electron chi connectivity index (χ3n) is 4.48. The molecule has 1 aromatic rings. The van der Waals surface area contributed by atoms with Gasteiger partial charge in [-0.1, -0.05) is 18.2 Å². The highest BCUT2D eigenvalue weighted by molar-refractivity contribution is 6.04. The average Bonchev–Trinajstić information content (AvgIpc) is 2.79. The SMILES string of the molecule is O=C1NC(=O)C(CCC(=O)N2CCCN(c3ccccc3)CC2)N1. The van der Waals surface area contributed by atoms with Crippen molar-refractivity contribution in [1.29, 1.82) is 0 Å². The van der Waals surface area contributed by atoms with Crippen LogP contribution in [0.1, 0.15) is 19.3 Å². The summed E-state index contributed by atoms with van der Waals surface area (Å²) in [5.41, 5.74) is 1.18. The van der Waals surface area contributed by atoms with Gasteiger partial charge in [0.1, 0.15) is 6.04 Å². The number of nitrogens with zero attached hydrogens (tertiary/aromatic N) is 2. The largest absolute Gasteiger partial charge is 0.370 e. The zero-order chi connectivity index (χ0) is 16.9. The molecule has 0 aromatic heterocycles. The van der Waals surface area contributed by atoms with Gasteiger partial charge in [-0.25, -0.2) is 4.79 Å². The first-order valence-corrected chi connectivity index (χ1v) is 8.32. The first-order chi connectivity index (χ1) is 11.6. The quantitative estimate of drug-likeness (QED) is 0.797. The molecular formula is C17H22N4O3. The van der Waals surface area contributed by atoms with Crippen LogP contribution in [0.15, 0.2) is 30.3 Å². The number of para-hydroxylation sites is 1. The number of amides is 4. The second kappa shape index (κ2) is 7.33. The molecule has 2 fully saturated rings. The van der Waals surface area contributed by atoms with Gasteiger partial charge in [0.25, 0.3) is 5.91 Å². The van der Waals surface area contributed by atoms with Gasteiger partial charge < -0.3 is 15.1 Å². The van der Waals surface area contributed by atoms with Crippen LogP contribution in [-0.4, -0.2) is 55.0 Å². The number of rotatable bonds is 4. The van der Waals surface area contributed by atoms with Gasteiger partial charge in [0.05, 0.1) is 0 Å². The Hall–Kier alpha value is -2.57. The summed E-state index contributed by atoms with van der Waals surface area (Å²) in [5, 5.41) is 4.71. The van der Waals surface area contributed by atoms with Crippen molar-refractivity contribution in [3.63, 3.8) is 0 Å². The highest BCUT2D eigenvalue weighted by Crippen LogP contribution is 2.16.